The van der Waals surface area contributed by atoms with E-state index in [1.54, 1.807) is 63.2 Å². The number of hydrogen-bond acceptors (Lipinski definition) is 7. The average molecular weight is 514 g/mol. The first-order valence-electron chi connectivity index (χ1n) is 11.4. The van der Waals surface area contributed by atoms with E-state index < -0.39 is 29.1 Å². The Morgan fingerprint density at radius 2 is 1.92 bits per heavy atom. The van der Waals surface area contributed by atoms with Gasteiger partial charge in [-0.2, -0.15) is 0 Å². The molecular formula is C25H31N5O5S. The number of thiocarbonyl (C=S) groups is 1. The van der Waals surface area contributed by atoms with Gasteiger partial charge in [0.25, 0.3) is 5.91 Å². The Morgan fingerprint density at radius 1 is 1.22 bits per heavy atom. The van der Waals surface area contributed by atoms with Crippen molar-refractivity contribution < 1.29 is 24.2 Å². The summed E-state index contributed by atoms with van der Waals surface area (Å²) >= 11 is 5.48. The molecule has 1 aliphatic heterocycles. The van der Waals surface area contributed by atoms with Gasteiger partial charge in [0, 0.05) is 36.8 Å². The van der Waals surface area contributed by atoms with Crippen LogP contribution in [0, 0.1) is 5.92 Å². The van der Waals surface area contributed by atoms with Gasteiger partial charge in [0.2, 0.25) is 5.91 Å². The zero-order valence-corrected chi connectivity index (χ0v) is 21.5. The number of aliphatic hydroxyl groups excluding tert-OH is 1. The van der Waals surface area contributed by atoms with Crippen LogP contribution in [0.3, 0.4) is 0 Å². The third kappa shape index (κ3) is 6.55. The number of amides is 3. The number of carbonyl (C=O) groups is 3. The van der Waals surface area contributed by atoms with Gasteiger partial charge in [-0.1, -0.05) is 18.2 Å². The predicted molar refractivity (Wildman–Crippen MR) is 138 cm³/mol. The first-order chi connectivity index (χ1) is 16.9. The molecule has 0 radical (unpaired) electrons. The van der Waals surface area contributed by atoms with Gasteiger partial charge in [0.1, 0.15) is 11.1 Å². The van der Waals surface area contributed by atoms with Crippen molar-refractivity contribution in [2.45, 2.75) is 38.8 Å². The van der Waals surface area contributed by atoms with Crippen LogP contribution in [0.1, 0.15) is 43.7 Å². The fourth-order valence-electron chi connectivity index (χ4n) is 4.05. The molecule has 2 aromatic rings. The maximum Gasteiger partial charge on any atom is 0.410 e. The number of ether oxygens (including phenoxy) is 1. The predicted octanol–water partition coefficient (Wildman–Crippen LogP) is 2.40. The number of carbonyl (C=O) groups excluding carboxylic acids is 3. The van der Waals surface area contributed by atoms with Crippen LogP contribution in [-0.4, -0.2) is 63.3 Å². The number of nitrogens with one attached hydrogen (secondary N) is 3. The zero-order chi connectivity index (χ0) is 26.5. The van der Waals surface area contributed by atoms with Gasteiger partial charge in [-0.05, 0) is 57.3 Å². The van der Waals surface area contributed by atoms with Crippen molar-refractivity contribution in [1.29, 1.82) is 0 Å². The quantitative estimate of drug-likeness (QED) is 0.448. The Labute approximate surface area is 215 Å². The molecule has 0 bridgehead atoms. The van der Waals surface area contributed by atoms with E-state index in [1.165, 1.54) is 18.0 Å². The Balaban J connectivity index is 1.96. The number of aromatic nitrogens is 1. The van der Waals surface area contributed by atoms with Crippen LogP contribution in [0.5, 0.6) is 0 Å². The number of likely N-dealkylation sites (tertiary alicyclic amines) is 1. The molecule has 2 unspecified atom stereocenters. The smallest absolute Gasteiger partial charge is 0.410 e. The van der Waals surface area contributed by atoms with Gasteiger partial charge in [0.05, 0.1) is 18.8 Å². The van der Waals surface area contributed by atoms with E-state index in [2.05, 4.69) is 20.9 Å². The molecule has 11 heteroatoms. The number of pyridine rings is 1. The average Bonchev–Trinajstić information content (AvgIpc) is 3.18. The number of anilines is 1. The Kier molecular flexibility index (Phi) is 8.26. The summed E-state index contributed by atoms with van der Waals surface area (Å²) in [6.45, 7) is 6.57. The lowest BCUT2D eigenvalue weighted by atomic mass is 9.83. The molecule has 3 amide bonds. The van der Waals surface area contributed by atoms with Gasteiger partial charge in [-0.3, -0.25) is 19.9 Å². The molecule has 1 aromatic heterocycles. The van der Waals surface area contributed by atoms with Crippen molar-refractivity contribution in [3.63, 3.8) is 0 Å². The van der Waals surface area contributed by atoms with Crippen molar-refractivity contribution in [3.05, 3.63) is 59.9 Å². The molecule has 192 valence electrons. The summed E-state index contributed by atoms with van der Waals surface area (Å²) in [4.78, 5) is 43.2. The Hall–Kier alpha value is -3.57. The standard InChI is InChI=1S/C25H31N5O5S/c1-16(32)27-19-10-11-26-20(12-19)25(29-22(36)28-21(33)17-8-6-5-7-9-17)15-30(13-18(25)14-31)23(34)35-24(2,3)4/h5-12,18,31H,13-15H2,1-4H3,(H,26,27,32)(H2,28,29,33,36). The van der Waals surface area contributed by atoms with E-state index in [0.29, 0.717) is 16.9 Å². The number of rotatable bonds is 5. The normalized spacial score (nSPS) is 19.4. The molecule has 0 aliphatic carbocycles. The zero-order valence-electron chi connectivity index (χ0n) is 20.7. The summed E-state index contributed by atoms with van der Waals surface area (Å²) in [6.07, 6.45) is 0.960. The van der Waals surface area contributed by atoms with Crippen molar-refractivity contribution in [3.8, 4) is 0 Å². The van der Waals surface area contributed by atoms with Gasteiger partial charge in [0.15, 0.2) is 5.11 Å². The molecular weight excluding hydrogens is 482 g/mol. The second kappa shape index (κ2) is 11.0. The van der Waals surface area contributed by atoms with Crippen LogP contribution in [0.2, 0.25) is 0 Å². The maximum absolute atomic E-state index is 12.9. The lowest BCUT2D eigenvalue weighted by Crippen LogP contribution is -2.56. The Morgan fingerprint density at radius 3 is 2.53 bits per heavy atom. The van der Waals surface area contributed by atoms with Crippen molar-refractivity contribution >= 4 is 40.9 Å². The van der Waals surface area contributed by atoms with Gasteiger partial charge >= 0.3 is 6.09 Å². The first-order valence-corrected chi connectivity index (χ1v) is 11.9. The van der Waals surface area contributed by atoms with Gasteiger partial charge in [-0.25, -0.2) is 4.79 Å². The Bertz CT molecular complexity index is 1140. The number of nitrogens with zero attached hydrogens (tertiary/aromatic N) is 2. The van der Waals surface area contributed by atoms with Crippen molar-refractivity contribution in [2.75, 3.05) is 25.0 Å². The fraction of sp³-hybridized carbons (Fsp3) is 0.400. The summed E-state index contributed by atoms with van der Waals surface area (Å²) in [7, 11) is 0. The first kappa shape index (κ1) is 27.0. The minimum absolute atomic E-state index is 0.0000666. The number of benzene rings is 1. The molecule has 1 aromatic carbocycles. The highest BCUT2D eigenvalue weighted by molar-refractivity contribution is 7.80. The molecule has 1 aliphatic rings. The van der Waals surface area contributed by atoms with Crippen molar-refractivity contribution in [1.82, 2.24) is 20.5 Å². The molecule has 36 heavy (non-hydrogen) atoms. The molecule has 10 nitrogen and oxygen atoms in total. The highest BCUT2D eigenvalue weighted by Gasteiger charge is 2.51. The molecule has 2 atom stereocenters. The third-order valence-corrected chi connectivity index (χ3v) is 5.79. The van der Waals surface area contributed by atoms with Gasteiger partial charge < -0.3 is 25.4 Å². The highest BCUT2D eigenvalue weighted by Crippen LogP contribution is 2.37. The van der Waals surface area contributed by atoms with Crippen LogP contribution >= 0.6 is 12.2 Å². The molecule has 1 saturated heterocycles. The summed E-state index contributed by atoms with van der Waals surface area (Å²) in [5, 5.41) is 18.9. The maximum atomic E-state index is 12.9. The second-order valence-electron chi connectivity index (χ2n) is 9.60. The molecule has 1 fully saturated rings. The minimum Gasteiger partial charge on any atom is -0.444 e. The third-order valence-electron chi connectivity index (χ3n) is 5.59. The second-order valence-corrected chi connectivity index (χ2v) is 10.0. The van der Waals surface area contributed by atoms with Crippen LogP contribution in [0.4, 0.5) is 10.5 Å². The summed E-state index contributed by atoms with van der Waals surface area (Å²) in [6, 6.07) is 11.9. The SMILES string of the molecule is CC(=O)Nc1ccnc(C2(NC(=S)NC(=O)c3ccccc3)CN(C(=O)OC(C)(C)C)CC2CO)c1. The van der Waals surface area contributed by atoms with E-state index in [-0.39, 0.29) is 30.7 Å². The summed E-state index contributed by atoms with van der Waals surface area (Å²) < 4.78 is 5.54. The largest absolute Gasteiger partial charge is 0.444 e. The molecule has 3 rings (SSSR count). The van der Waals surface area contributed by atoms with E-state index >= 15 is 0 Å². The number of hydrogen-bond donors (Lipinski definition) is 4. The topological polar surface area (TPSA) is 133 Å². The fourth-order valence-corrected chi connectivity index (χ4v) is 4.32. The lowest BCUT2D eigenvalue weighted by Gasteiger charge is -2.35. The van der Waals surface area contributed by atoms with Crippen LogP contribution in [0.25, 0.3) is 0 Å². The van der Waals surface area contributed by atoms with Crippen LogP contribution < -0.4 is 16.0 Å². The molecule has 0 spiro atoms. The summed E-state index contributed by atoms with van der Waals surface area (Å²) in [5.74, 6) is -1.23. The highest BCUT2D eigenvalue weighted by atomic mass is 32.1. The van der Waals surface area contributed by atoms with E-state index in [1.807, 2.05) is 0 Å². The molecule has 0 saturated carbocycles. The monoisotopic (exact) mass is 513 g/mol. The lowest BCUT2D eigenvalue weighted by molar-refractivity contribution is -0.114. The van der Waals surface area contributed by atoms with Crippen LogP contribution in [0.15, 0.2) is 48.7 Å². The van der Waals surface area contributed by atoms with E-state index in [0.717, 1.165) is 0 Å². The van der Waals surface area contributed by atoms with Crippen molar-refractivity contribution in [2.24, 2.45) is 5.92 Å². The van der Waals surface area contributed by atoms with Gasteiger partial charge in [-0.15, -0.1) is 0 Å². The molecule has 4 N–H and O–H groups in total. The van der Waals surface area contributed by atoms with Crippen LogP contribution in [-0.2, 0) is 15.1 Å². The molecule has 2 heterocycles. The number of aliphatic hydroxyl groups is 1. The summed E-state index contributed by atoms with van der Waals surface area (Å²) in [5.41, 5.74) is -0.564. The van der Waals surface area contributed by atoms with E-state index in [4.69, 9.17) is 17.0 Å². The van der Waals surface area contributed by atoms with E-state index in [9.17, 15) is 19.5 Å². The minimum atomic E-state index is -1.18.